The topological polar surface area (TPSA) is 12.4 Å². The summed E-state index contributed by atoms with van der Waals surface area (Å²) in [5, 5.41) is 5.08. The summed E-state index contributed by atoms with van der Waals surface area (Å²) in [7, 11) is 0. The summed E-state index contributed by atoms with van der Waals surface area (Å²) in [6, 6.07) is 19.3. The van der Waals surface area contributed by atoms with Crippen LogP contribution in [0, 0.1) is 5.92 Å². The van der Waals surface area contributed by atoms with Crippen LogP contribution >= 0.6 is 0 Å². The number of hydrogen-bond acceptors (Lipinski definition) is 1. The minimum Gasteiger partial charge on any atom is -0.261 e. The van der Waals surface area contributed by atoms with E-state index in [0.717, 1.165) is 5.69 Å². The molecule has 3 aromatic rings. The summed E-state index contributed by atoms with van der Waals surface area (Å²) in [6.45, 7) is 4.27. The smallest absolute Gasteiger partial charge is 0.0632 e. The zero-order valence-corrected chi connectivity index (χ0v) is 11.3. The Balaban J connectivity index is 2.14. The summed E-state index contributed by atoms with van der Waals surface area (Å²) >= 11 is 0. The summed E-state index contributed by atoms with van der Waals surface area (Å²) in [5.74, 6) is 0.479. The summed E-state index contributed by atoms with van der Waals surface area (Å²) in [5.41, 5.74) is 1.02. The van der Waals surface area contributed by atoms with Gasteiger partial charge in [0.1, 0.15) is 0 Å². The Bertz CT molecular complexity index is 754. The Morgan fingerprint density at radius 3 is 2.11 bits per heavy atom. The average molecular weight is 247 g/mol. The molecule has 0 aliphatic carbocycles. The van der Waals surface area contributed by atoms with Crippen LogP contribution in [-0.2, 0) is 0 Å². The van der Waals surface area contributed by atoms with Gasteiger partial charge in [-0.15, -0.1) is 0 Å². The van der Waals surface area contributed by atoms with E-state index in [-0.39, 0.29) is 0 Å². The SMILES string of the molecule is CC(C)C=Nc1ccc2cc3ccccc3cc2c1. The van der Waals surface area contributed by atoms with Gasteiger partial charge in [-0.3, -0.25) is 4.99 Å². The van der Waals surface area contributed by atoms with Gasteiger partial charge >= 0.3 is 0 Å². The molecule has 0 aliphatic rings. The Morgan fingerprint density at radius 2 is 1.42 bits per heavy atom. The molecule has 0 fully saturated rings. The Kier molecular flexibility index (Phi) is 3.04. The van der Waals surface area contributed by atoms with E-state index in [2.05, 4.69) is 73.4 Å². The molecule has 0 heterocycles. The zero-order chi connectivity index (χ0) is 13.2. The third-order valence-electron chi connectivity index (χ3n) is 3.21. The third-order valence-corrected chi connectivity index (χ3v) is 3.21. The second-order valence-corrected chi connectivity index (χ2v) is 5.25. The molecule has 0 spiro atoms. The van der Waals surface area contributed by atoms with Crippen molar-refractivity contribution in [1.29, 1.82) is 0 Å². The monoisotopic (exact) mass is 247 g/mol. The van der Waals surface area contributed by atoms with Crippen LogP contribution in [0.3, 0.4) is 0 Å². The van der Waals surface area contributed by atoms with Gasteiger partial charge in [-0.25, -0.2) is 0 Å². The van der Waals surface area contributed by atoms with Crippen LogP contribution in [-0.4, -0.2) is 6.21 Å². The van der Waals surface area contributed by atoms with Crippen molar-refractivity contribution in [2.24, 2.45) is 10.9 Å². The molecular weight excluding hydrogens is 230 g/mol. The van der Waals surface area contributed by atoms with Crippen molar-refractivity contribution < 1.29 is 0 Å². The van der Waals surface area contributed by atoms with E-state index in [1.54, 1.807) is 0 Å². The molecule has 0 amide bonds. The van der Waals surface area contributed by atoms with Crippen LogP contribution in [0.15, 0.2) is 59.6 Å². The molecule has 3 rings (SSSR count). The fourth-order valence-corrected chi connectivity index (χ4v) is 2.24. The van der Waals surface area contributed by atoms with Gasteiger partial charge in [0.25, 0.3) is 0 Å². The van der Waals surface area contributed by atoms with Gasteiger partial charge in [0.15, 0.2) is 0 Å². The maximum Gasteiger partial charge on any atom is 0.0632 e. The lowest BCUT2D eigenvalue weighted by Crippen LogP contribution is -1.85. The van der Waals surface area contributed by atoms with Gasteiger partial charge in [-0.05, 0) is 51.7 Å². The molecule has 0 atom stereocenters. The van der Waals surface area contributed by atoms with Crippen molar-refractivity contribution in [2.75, 3.05) is 0 Å². The highest BCUT2D eigenvalue weighted by Gasteiger charge is 1.99. The van der Waals surface area contributed by atoms with Gasteiger partial charge in [0.2, 0.25) is 0 Å². The first-order chi connectivity index (χ1) is 9.22. The fraction of sp³-hybridized carbons (Fsp3) is 0.167. The summed E-state index contributed by atoms with van der Waals surface area (Å²) in [4.78, 5) is 4.51. The average Bonchev–Trinajstić information content (AvgIpc) is 2.42. The molecule has 1 nitrogen and oxygen atoms in total. The number of rotatable bonds is 2. The molecule has 0 radical (unpaired) electrons. The normalized spacial score (nSPS) is 11.9. The predicted molar refractivity (Wildman–Crippen MR) is 84.4 cm³/mol. The van der Waals surface area contributed by atoms with E-state index >= 15 is 0 Å². The number of hydrogen-bond donors (Lipinski definition) is 0. The Labute approximate surface area is 113 Å². The van der Waals surface area contributed by atoms with Crippen molar-refractivity contribution >= 4 is 33.4 Å². The lowest BCUT2D eigenvalue weighted by Gasteiger charge is -2.03. The van der Waals surface area contributed by atoms with E-state index in [1.165, 1.54) is 21.5 Å². The summed E-state index contributed by atoms with van der Waals surface area (Å²) in [6.07, 6.45) is 1.99. The first kappa shape index (κ1) is 11.9. The van der Waals surface area contributed by atoms with E-state index in [4.69, 9.17) is 0 Å². The standard InChI is InChI=1S/C18H17N/c1-13(2)12-19-18-8-7-16-9-14-5-3-4-6-15(14)10-17(16)11-18/h3-13H,1-2H3. The van der Waals surface area contributed by atoms with Crippen molar-refractivity contribution in [3.63, 3.8) is 0 Å². The predicted octanol–water partition coefficient (Wildman–Crippen LogP) is 5.35. The van der Waals surface area contributed by atoms with Crippen molar-refractivity contribution in [2.45, 2.75) is 13.8 Å². The molecule has 0 saturated heterocycles. The molecule has 94 valence electrons. The first-order valence-corrected chi connectivity index (χ1v) is 6.69. The minimum absolute atomic E-state index is 0.479. The number of aliphatic imine (C=N–C) groups is 1. The van der Waals surface area contributed by atoms with Crippen molar-refractivity contribution in [3.05, 3.63) is 54.6 Å². The molecule has 0 saturated carbocycles. The molecule has 0 aromatic heterocycles. The van der Waals surface area contributed by atoms with Gasteiger partial charge in [-0.1, -0.05) is 44.2 Å². The molecule has 3 aromatic carbocycles. The third kappa shape index (κ3) is 2.50. The highest BCUT2D eigenvalue weighted by atomic mass is 14.7. The van der Waals surface area contributed by atoms with Gasteiger partial charge in [-0.2, -0.15) is 0 Å². The van der Waals surface area contributed by atoms with E-state index in [9.17, 15) is 0 Å². The second-order valence-electron chi connectivity index (χ2n) is 5.25. The largest absolute Gasteiger partial charge is 0.261 e. The second kappa shape index (κ2) is 4.85. The van der Waals surface area contributed by atoms with Crippen molar-refractivity contribution in [1.82, 2.24) is 0 Å². The maximum absolute atomic E-state index is 4.51. The van der Waals surface area contributed by atoms with Crippen LogP contribution in [0.4, 0.5) is 5.69 Å². The maximum atomic E-state index is 4.51. The molecular formula is C18H17N. The van der Waals surface area contributed by atoms with E-state index in [1.807, 2.05) is 6.21 Å². The van der Waals surface area contributed by atoms with Crippen molar-refractivity contribution in [3.8, 4) is 0 Å². The number of benzene rings is 3. The Morgan fingerprint density at radius 1 is 0.789 bits per heavy atom. The fourth-order valence-electron chi connectivity index (χ4n) is 2.24. The molecule has 0 aliphatic heterocycles. The Hall–Kier alpha value is -2.15. The zero-order valence-electron chi connectivity index (χ0n) is 11.3. The number of nitrogens with zero attached hydrogens (tertiary/aromatic N) is 1. The highest BCUT2D eigenvalue weighted by Crippen LogP contribution is 2.26. The molecule has 19 heavy (non-hydrogen) atoms. The van der Waals surface area contributed by atoms with Crippen LogP contribution in [0.1, 0.15) is 13.8 Å². The minimum atomic E-state index is 0.479. The van der Waals surface area contributed by atoms with Crippen LogP contribution < -0.4 is 0 Å². The van der Waals surface area contributed by atoms with E-state index in [0.29, 0.717) is 5.92 Å². The quantitative estimate of drug-likeness (QED) is 0.427. The van der Waals surface area contributed by atoms with Crippen LogP contribution in [0.2, 0.25) is 0 Å². The lowest BCUT2D eigenvalue weighted by atomic mass is 10.0. The molecule has 1 heteroatoms. The summed E-state index contributed by atoms with van der Waals surface area (Å²) < 4.78 is 0. The molecule has 0 unspecified atom stereocenters. The lowest BCUT2D eigenvalue weighted by molar-refractivity contribution is 0.907. The number of fused-ring (bicyclic) bond motifs is 2. The van der Waals surface area contributed by atoms with E-state index < -0.39 is 0 Å². The molecule has 0 bridgehead atoms. The van der Waals surface area contributed by atoms with Gasteiger partial charge in [0, 0.05) is 6.21 Å². The van der Waals surface area contributed by atoms with Crippen LogP contribution in [0.25, 0.3) is 21.5 Å². The highest BCUT2D eigenvalue weighted by molar-refractivity contribution is 5.99. The molecule has 0 N–H and O–H groups in total. The van der Waals surface area contributed by atoms with Gasteiger partial charge in [0.05, 0.1) is 5.69 Å². The van der Waals surface area contributed by atoms with Gasteiger partial charge < -0.3 is 0 Å². The first-order valence-electron chi connectivity index (χ1n) is 6.69. The van der Waals surface area contributed by atoms with Crippen LogP contribution in [0.5, 0.6) is 0 Å².